The molecule has 0 bridgehead atoms. The molecule has 2 saturated heterocycles. The van der Waals surface area contributed by atoms with Crippen LogP contribution in [0.1, 0.15) is 18.4 Å². The number of rotatable bonds is 4. The molecule has 1 aromatic rings. The monoisotopic (exact) mass is 337 g/mol. The van der Waals surface area contributed by atoms with Crippen LogP contribution in [-0.4, -0.2) is 61.0 Å². The zero-order valence-corrected chi connectivity index (χ0v) is 13.7. The van der Waals surface area contributed by atoms with E-state index < -0.39 is 5.60 Å². The van der Waals surface area contributed by atoms with E-state index in [9.17, 15) is 14.3 Å². The van der Waals surface area contributed by atoms with Crippen molar-refractivity contribution < 1.29 is 23.8 Å². The molecule has 0 unspecified atom stereocenters. The standard InChI is InChI=1S/C18H24FNO4/c19-16-3-1-2-14(10-16)11-18(13-21)12-20(6-9-24-18)17(22)15-4-7-23-8-5-15/h1-3,10,15,21H,4-9,11-13H2/t18-/m0/s1. The minimum atomic E-state index is -0.868. The molecule has 0 radical (unpaired) electrons. The Bertz CT molecular complexity index is 576. The van der Waals surface area contributed by atoms with Crippen LogP contribution in [0, 0.1) is 11.7 Å². The third-order valence-corrected chi connectivity index (χ3v) is 4.83. The van der Waals surface area contributed by atoms with Crippen molar-refractivity contribution in [2.75, 3.05) is 39.5 Å². The molecule has 2 aliphatic heterocycles. The van der Waals surface area contributed by atoms with Crippen LogP contribution in [0.4, 0.5) is 4.39 Å². The molecule has 6 heteroatoms. The summed E-state index contributed by atoms with van der Waals surface area (Å²) in [4.78, 5) is 14.5. The molecule has 1 aromatic carbocycles. The minimum absolute atomic E-state index is 0.0117. The highest BCUT2D eigenvalue weighted by atomic mass is 19.1. The number of hydrogen-bond donors (Lipinski definition) is 1. The van der Waals surface area contributed by atoms with Crippen molar-refractivity contribution in [2.24, 2.45) is 5.92 Å². The lowest BCUT2D eigenvalue weighted by Crippen LogP contribution is -2.58. The van der Waals surface area contributed by atoms with E-state index in [0.717, 1.165) is 18.4 Å². The topological polar surface area (TPSA) is 59.0 Å². The molecule has 132 valence electrons. The Kier molecular flexibility index (Phi) is 5.48. The van der Waals surface area contributed by atoms with Crippen molar-refractivity contribution in [3.05, 3.63) is 35.6 Å². The first kappa shape index (κ1) is 17.3. The summed E-state index contributed by atoms with van der Waals surface area (Å²) in [6, 6.07) is 6.28. The molecule has 1 amide bonds. The second-order valence-electron chi connectivity index (χ2n) is 6.64. The van der Waals surface area contributed by atoms with Crippen LogP contribution >= 0.6 is 0 Å². The van der Waals surface area contributed by atoms with Crippen molar-refractivity contribution in [3.63, 3.8) is 0 Å². The van der Waals surface area contributed by atoms with E-state index in [-0.39, 0.29) is 24.2 Å². The molecule has 2 heterocycles. The molecular weight excluding hydrogens is 313 g/mol. The van der Waals surface area contributed by atoms with Gasteiger partial charge >= 0.3 is 0 Å². The average molecular weight is 337 g/mol. The molecule has 0 aliphatic carbocycles. The second kappa shape index (κ2) is 7.59. The smallest absolute Gasteiger partial charge is 0.226 e. The fraction of sp³-hybridized carbons (Fsp3) is 0.611. The molecule has 1 atom stereocenters. The van der Waals surface area contributed by atoms with Gasteiger partial charge in [0, 0.05) is 32.1 Å². The van der Waals surface area contributed by atoms with E-state index in [1.54, 1.807) is 11.0 Å². The quantitative estimate of drug-likeness (QED) is 0.902. The fourth-order valence-electron chi connectivity index (χ4n) is 3.51. The highest BCUT2D eigenvalue weighted by Crippen LogP contribution is 2.26. The SMILES string of the molecule is O=C(C1CCOCC1)N1CCO[C@@](CO)(Cc2cccc(F)c2)C1. The number of ether oxygens (including phenoxy) is 2. The van der Waals surface area contributed by atoms with Crippen LogP contribution in [0.3, 0.4) is 0 Å². The summed E-state index contributed by atoms with van der Waals surface area (Å²) in [5.74, 6) is -0.215. The molecule has 2 aliphatic rings. The number of aliphatic hydroxyl groups is 1. The number of carbonyl (C=O) groups is 1. The Labute approximate surface area is 141 Å². The van der Waals surface area contributed by atoms with Gasteiger partial charge in [0.05, 0.1) is 19.8 Å². The molecule has 3 rings (SSSR count). The summed E-state index contributed by atoms with van der Waals surface area (Å²) in [5, 5.41) is 9.91. The first-order valence-electron chi connectivity index (χ1n) is 8.48. The zero-order valence-electron chi connectivity index (χ0n) is 13.7. The van der Waals surface area contributed by atoms with E-state index in [4.69, 9.17) is 9.47 Å². The number of halogens is 1. The normalized spacial score (nSPS) is 25.7. The summed E-state index contributed by atoms with van der Waals surface area (Å²) in [5.41, 5.74) is -0.114. The van der Waals surface area contributed by atoms with Gasteiger partial charge in [-0.3, -0.25) is 4.79 Å². The van der Waals surface area contributed by atoms with Crippen molar-refractivity contribution in [1.29, 1.82) is 0 Å². The van der Waals surface area contributed by atoms with Gasteiger partial charge in [0.1, 0.15) is 11.4 Å². The van der Waals surface area contributed by atoms with E-state index >= 15 is 0 Å². The first-order chi connectivity index (χ1) is 11.6. The van der Waals surface area contributed by atoms with Gasteiger partial charge in [-0.15, -0.1) is 0 Å². The Morgan fingerprint density at radius 1 is 1.33 bits per heavy atom. The lowest BCUT2D eigenvalue weighted by atomic mass is 9.91. The van der Waals surface area contributed by atoms with Crippen LogP contribution in [0.15, 0.2) is 24.3 Å². The summed E-state index contributed by atoms with van der Waals surface area (Å²) < 4.78 is 24.6. The summed E-state index contributed by atoms with van der Waals surface area (Å²) in [6.45, 7) is 2.27. The number of benzene rings is 1. The lowest BCUT2D eigenvalue weighted by molar-refractivity contribution is -0.163. The predicted molar refractivity (Wildman–Crippen MR) is 86.0 cm³/mol. The number of nitrogens with zero attached hydrogens (tertiary/aromatic N) is 1. The van der Waals surface area contributed by atoms with Gasteiger partial charge in [-0.05, 0) is 30.5 Å². The number of amides is 1. The van der Waals surface area contributed by atoms with Crippen LogP contribution in [0.2, 0.25) is 0 Å². The predicted octanol–water partition coefficient (Wildman–Crippen LogP) is 1.38. The molecule has 0 aromatic heterocycles. The summed E-state index contributed by atoms with van der Waals surface area (Å²) >= 11 is 0. The number of carbonyl (C=O) groups excluding carboxylic acids is 1. The lowest BCUT2D eigenvalue weighted by Gasteiger charge is -2.43. The Balaban J connectivity index is 1.70. The third kappa shape index (κ3) is 3.94. The highest BCUT2D eigenvalue weighted by Gasteiger charge is 2.39. The summed E-state index contributed by atoms with van der Waals surface area (Å²) in [7, 11) is 0. The van der Waals surface area contributed by atoms with Gasteiger partial charge in [-0.25, -0.2) is 4.39 Å². The van der Waals surface area contributed by atoms with E-state index in [0.29, 0.717) is 39.3 Å². The van der Waals surface area contributed by atoms with Crippen LogP contribution in [0.5, 0.6) is 0 Å². The molecule has 0 saturated carbocycles. The van der Waals surface area contributed by atoms with Crippen LogP contribution in [-0.2, 0) is 20.7 Å². The minimum Gasteiger partial charge on any atom is -0.393 e. The van der Waals surface area contributed by atoms with Crippen molar-refractivity contribution in [3.8, 4) is 0 Å². The number of aliphatic hydroxyl groups excluding tert-OH is 1. The third-order valence-electron chi connectivity index (χ3n) is 4.83. The zero-order chi connectivity index (χ0) is 17.0. The second-order valence-corrected chi connectivity index (χ2v) is 6.64. The van der Waals surface area contributed by atoms with E-state index in [2.05, 4.69) is 0 Å². The highest BCUT2D eigenvalue weighted by molar-refractivity contribution is 5.79. The van der Waals surface area contributed by atoms with Crippen LogP contribution in [0.25, 0.3) is 0 Å². The maximum absolute atomic E-state index is 13.4. The molecular formula is C18H24FNO4. The number of morpholine rings is 1. The molecule has 1 N–H and O–H groups in total. The van der Waals surface area contributed by atoms with Gasteiger partial charge in [0.2, 0.25) is 5.91 Å². The Hall–Kier alpha value is -1.50. The number of hydrogen-bond acceptors (Lipinski definition) is 4. The molecule has 5 nitrogen and oxygen atoms in total. The van der Waals surface area contributed by atoms with Gasteiger partial charge < -0.3 is 19.5 Å². The van der Waals surface area contributed by atoms with Gasteiger partial charge in [0.25, 0.3) is 0 Å². The molecule has 24 heavy (non-hydrogen) atoms. The average Bonchev–Trinajstić information content (AvgIpc) is 2.62. The largest absolute Gasteiger partial charge is 0.393 e. The van der Waals surface area contributed by atoms with Gasteiger partial charge in [0.15, 0.2) is 0 Å². The maximum atomic E-state index is 13.4. The summed E-state index contributed by atoms with van der Waals surface area (Å²) in [6.07, 6.45) is 1.86. The van der Waals surface area contributed by atoms with Crippen molar-refractivity contribution >= 4 is 5.91 Å². The van der Waals surface area contributed by atoms with Gasteiger partial charge in [-0.1, -0.05) is 12.1 Å². The van der Waals surface area contributed by atoms with E-state index in [1.165, 1.54) is 12.1 Å². The molecule has 0 spiro atoms. The Morgan fingerprint density at radius 2 is 2.12 bits per heavy atom. The van der Waals surface area contributed by atoms with Crippen molar-refractivity contribution in [2.45, 2.75) is 24.9 Å². The van der Waals surface area contributed by atoms with Crippen molar-refractivity contribution in [1.82, 2.24) is 4.90 Å². The Morgan fingerprint density at radius 3 is 2.83 bits per heavy atom. The first-order valence-corrected chi connectivity index (χ1v) is 8.48. The fourth-order valence-corrected chi connectivity index (χ4v) is 3.51. The molecule has 2 fully saturated rings. The van der Waals surface area contributed by atoms with E-state index in [1.807, 2.05) is 6.07 Å². The van der Waals surface area contributed by atoms with Crippen LogP contribution < -0.4 is 0 Å². The van der Waals surface area contributed by atoms with Gasteiger partial charge in [-0.2, -0.15) is 0 Å². The maximum Gasteiger partial charge on any atom is 0.226 e.